The number of hydrogen-bond donors (Lipinski definition) is 3. The normalized spacial score (nSPS) is 16.5. The van der Waals surface area contributed by atoms with Gasteiger partial charge in [0.2, 0.25) is 5.91 Å². The summed E-state index contributed by atoms with van der Waals surface area (Å²) in [5, 5.41) is 4.54. The van der Waals surface area contributed by atoms with Gasteiger partial charge in [-0.05, 0) is 36.6 Å². The minimum absolute atomic E-state index is 0.0773. The second kappa shape index (κ2) is 7.58. The Kier molecular flexibility index (Phi) is 4.76. The molecule has 1 aromatic carbocycles. The largest absolute Gasteiger partial charge is 0.382 e. The van der Waals surface area contributed by atoms with E-state index < -0.39 is 0 Å². The van der Waals surface area contributed by atoms with Gasteiger partial charge < -0.3 is 25.3 Å². The summed E-state index contributed by atoms with van der Waals surface area (Å²) in [7, 11) is 0. The quantitative estimate of drug-likeness (QED) is 0.451. The molecule has 0 aliphatic carbocycles. The molecule has 1 amide bonds. The number of aromatic nitrogens is 5. The number of rotatable bonds is 5. The number of halogens is 1. The van der Waals surface area contributed by atoms with Gasteiger partial charge >= 0.3 is 0 Å². The number of nitrogens with zero attached hydrogens (tertiary/aromatic N) is 4. The van der Waals surface area contributed by atoms with Crippen LogP contribution in [0, 0.1) is 0 Å². The number of hydrogen-bond acceptors (Lipinski definition) is 6. The van der Waals surface area contributed by atoms with Crippen molar-refractivity contribution in [2.45, 2.75) is 32.0 Å². The number of nitrogens with two attached hydrogens (primary N) is 1. The van der Waals surface area contributed by atoms with Crippen molar-refractivity contribution in [3.63, 3.8) is 0 Å². The standard InChI is InChI=1S/C20H20ClN7O2/c21-13-4-11-6-14(7-23-20(29)15-2-1-3-30-15)27-16(11)12(5-13)8-28-10-26-17-18(22)24-9-25-19(17)28/h4-6,9-10,15,27H,1-3,7-8H2,(H,23,29)(H2,22,24,25). The Morgan fingerprint density at radius 2 is 2.23 bits per heavy atom. The van der Waals surface area contributed by atoms with Gasteiger partial charge in [-0.15, -0.1) is 0 Å². The van der Waals surface area contributed by atoms with Crippen molar-refractivity contribution in [1.82, 2.24) is 29.8 Å². The molecule has 1 saturated heterocycles. The number of nitrogens with one attached hydrogen (secondary N) is 2. The van der Waals surface area contributed by atoms with Gasteiger partial charge in [-0.1, -0.05) is 11.6 Å². The Balaban J connectivity index is 1.42. The van der Waals surface area contributed by atoms with E-state index in [0.29, 0.717) is 41.7 Å². The van der Waals surface area contributed by atoms with Crippen LogP contribution in [0.15, 0.2) is 30.9 Å². The summed E-state index contributed by atoms with van der Waals surface area (Å²) < 4.78 is 7.33. The van der Waals surface area contributed by atoms with Gasteiger partial charge in [0.25, 0.3) is 0 Å². The van der Waals surface area contributed by atoms with Crippen molar-refractivity contribution < 1.29 is 9.53 Å². The lowest BCUT2D eigenvalue weighted by Crippen LogP contribution is -2.33. The van der Waals surface area contributed by atoms with Crippen LogP contribution in [-0.4, -0.2) is 43.1 Å². The first kappa shape index (κ1) is 18.8. The van der Waals surface area contributed by atoms with Crippen molar-refractivity contribution in [3.05, 3.63) is 47.1 Å². The maximum atomic E-state index is 12.2. The molecular weight excluding hydrogens is 406 g/mol. The molecule has 1 unspecified atom stereocenters. The van der Waals surface area contributed by atoms with Crippen LogP contribution in [0.5, 0.6) is 0 Å². The molecule has 4 aromatic rings. The minimum Gasteiger partial charge on any atom is -0.382 e. The van der Waals surface area contributed by atoms with Gasteiger partial charge in [0.05, 0.1) is 24.9 Å². The predicted octanol–water partition coefficient (Wildman–Crippen LogP) is 2.39. The summed E-state index contributed by atoms with van der Waals surface area (Å²) >= 11 is 6.36. The van der Waals surface area contributed by atoms with Crippen molar-refractivity contribution in [2.24, 2.45) is 0 Å². The molecule has 30 heavy (non-hydrogen) atoms. The van der Waals surface area contributed by atoms with Crippen LogP contribution in [0.2, 0.25) is 5.02 Å². The van der Waals surface area contributed by atoms with Crippen LogP contribution in [0.1, 0.15) is 24.1 Å². The van der Waals surface area contributed by atoms with Crippen molar-refractivity contribution in [3.8, 4) is 0 Å². The van der Waals surface area contributed by atoms with Crippen molar-refractivity contribution in [1.29, 1.82) is 0 Å². The topological polar surface area (TPSA) is 124 Å². The van der Waals surface area contributed by atoms with E-state index in [9.17, 15) is 4.79 Å². The highest BCUT2D eigenvalue weighted by Crippen LogP contribution is 2.26. The predicted molar refractivity (Wildman–Crippen MR) is 113 cm³/mol. The number of aromatic amines is 1. The highest BCUT2D eigenvalue weighted by Gasteiger charge is 2.23. The van der Waals surface area contributed by atoms with Gasteiger partial charge in [0, 0.05) is 22.7 Å². The smallest absolute Gasteiger partial charge is 0.249 e. The maximum Gasteiger partial charge on any atom is 0.249 e. The summed E-state index contributed by atoms with van der Waals surface area (Å²) in [6.45, 7) is 1.54. The number of ether oxygens (including phenoxy) is 1. The molecule has 3 aromatic heterocycles. The second-order valence-electron chi connectivity index (χ2n) is 7.35. The van der Waals surface area contributed by atoms with Crippen LogP contribution in [0.3, 0.4) is 0 Å². The van der Waals surface area contributed by atoms with Gasteiger partial charge in [0.15, 0.2) is 11.5 Å². The minimum atomic E-state index is -0.344. The van der Waals surface area contributed by atoms with E-state index in [2.05, 4.69) is 25.3 Å². The Morgan fingerprint density at radius 3 is 3.07 bits per heavy atom. The molecule has 154 valence electrons. The average molecular weight is 426 g/mol. The number of amides is 1. The Labute approximate surface area is 176 Å². The third-order valence-electron chi connectivity index (χ3n) is 5.28. The molecule has 10 heteroatoms. The Hall–Kier alpha value is -3.17. The molecule has 1 aliphatic heterocycles. The summed E-state index contributed by atoms with van der Waals surface area (Å²) in [4.78, 5) is 28.2. The fourth-order valence-corrected chi connectivity index (χ4v) is 4.08. The molecule has 0 bridgehead atoms. The summed E-state index contributed by atoms with van der Waals surface area (Å²) in [5.41, 5.74) is 9.93. The van der Waals surface area contributed by atoms with E-state index in [1.54, 1.807) is 6.33 Å². The monoisotopic (exact) mass is 425 g/mol. The number of nitrogen functional groups attached to an aromatic ring is 1. The molecule has 0 spiro atoms. The zero-order valence-electron chi connectivity index (χ0n) is 16.1. The molecule has 5 rings (SSSR count). The zero-order valence-corrected chi connectivity index (χ0v) is 16.8. The lowest BCUT2D eigenvalue weighted by Gasteiger charge is -2.09. The van der Waals surface area contributed by atoms with E-state index in [4.69, 9.17) is 22.1 Å². The number of benzene rings is 1. The first-order chi connectivity index (χ1) is 14.6. The van der Waals surface area contributed by atoms with Gasteiger partial charge in [0.1, 0.15) is 17.9 Å². The van der Waals surface area contributed by atoms with Crippen molar-refractivity contribution in [2.75, 3.05) is 12.3 Å². The van der Waals surface area contributed by atoms with Crippen LogP contribution < -0.4 is 11.1 Å². The molecule has 4 heterocycles. The summed E-state index contributed by atoms with van der Waals surface area (Å²) in [5.74, 6) is 0.269. The third-order valence-corrected chi connectivity index (χ3v) is 5.49. The van der Waals surface area contributed by atoms with Gasteiger partial charge in [-0.3, -0.25) is 4.79 Å². The molecule has 1 fully saturated rings. The number of anilines is 1. The first-order valence-electron chi connectivity index (χ1n) is 9.69. The summed E-state index contributed by atoms with van der Waals surface area (Å²) in [6, 6.07) is 5.80. The van der Waals surface area contributed by atoms with Gasteiger partial charge in [-0.25, -0.2) is 15.0 Å². The fourth-order valence-electron chi connectivity index (χ4n) is 3.84. The van der Waals surface area contributed by atoms with Crippen LogP contribution in [0.25, 0.3) is 22.1 Å². The van der Waals surface area contributed by atoms with E-state index in [-0.39, 0.29) is 12.0 Å². The maximum absolute atomic E-state index is 12.2. The molecule has 0 radical (unpaired) electrons. The van der Waals surface area contributed by atoms with Crippen LogP contribution >= 0.6 is 11.6 Å². The molecule has 9 nitrogen and oxygen atoms in total. The number of imidazole rings is 1. The Bertz CT molecular complexity index is 1240. The molecule has 1 atom stereocenters. The third kappa shape index (κ3) is 3.46. The highest BCUT2D eigenvalue weighted by molar-refractivity contribution is 6.31. The van der Waals surface area contributed by atoms with E-state index >= 15 is 0 Å². The average Bonchev–Trinajstić information content (AvgIpc) is 3.46. The van der Waals surface area contributed by atoms with Crippen LogP contribution in [0.4, 0.5) is 5.82 Å². The zero-order chi connectivity index (χ0) is 20.7. The highest BCUT2D eigenvalue weighted by atomic mass is 35.5. The fraction of sp³-hybridized carbons (Fsp3) is 0.300. The molecule has 1 aliphatic rings. The number of fused-ring (bicyclic) bond motifs is 2. The summed E-state index contributed by atoms with van der Waals surface area (Å²) in [6.07, 6.45) is 4.46. The van der Waals surface area contributed by atoms with Crippen molar-refractivity contribution >= 4 is 45.4 Å². The van der Waals surface area contributed by atoms with Crippen LogP contribution in [-0.2, 0) is 22.6 Å². The number of H-pyrrole nitrogens is 1. The number of carbonyl (C=O) groups excluding carboxylic acids is 1. The number of carbonyl (C=O) groups is 1. The molecule has 0 saturated carbocycles. The first-order valence-corrected chi connectivity index (χ1v) is 10.1. The Morgan fingerprint density at radius 1 is 1.33 bits per heavy atom. The van der Waals surface area contributed by atoms with E-state index in [1.165, 1.54) is 6.33 Å². The molecular formula is C20H20ClN7O2. The van der Waals surface area contributed by atoms with E-state index in [0.717, 1.165) is 35.0 Å². The lowest BCUT2D eigenvalue weighted by atomic mass is 10.1. The SMILES string of the molecule is Nc1ncnc2c1ncn2Cc1cc(Cl)cc2cc(CNC(=O)C3CCCO3)[nH]c12. The molecule has 4 N–H and O–H groups in total. The second-order valence-corrected chi connectivity index (χ2v) is 7.78. The van der Waals surface area contributed by atoms with E-state index in [1.807, 2.05) is 22.8 Å². The lowest BCUT2D eigenvalue weighted by molar-refractivity contribution is -0.130. The van der Waals surface area contributed by atoms with Gasteiger partial charge in [-0.2, -0.15) is 0 Å².